The van der Waals surface area contributed by atoms with Gasteiger partial charge >= 0.3 is 6.03 Å². The average Bonchev–Trinajstić information content (AvgIpc) is 2.40. The van der Waals surface area contributed by atoms with Crippen molar-refractivity contribution in [3.05, 3.63) is 32.8 Å². The normalized spacial score (nSPS) is 18.7. The number of nitrogens with one attached hydrogen (secondary N) is 1. The minimum atomic E-state index is -0.483. The molecule has 1 unspecified atom stereocenters. The first-order valence-corrected chi connectivity index (χ1v) is 7.26. The molecule has 1 aromatic carbocycles. The fourth-order valence-electron chi connectivity index (χ4n) is 2.31. The molecular weight excluding hydrogens is 326 g/mol. The molecule has 1 N–H and O–H groups in total. The van der Waals surface area contributed by atoms with Gasteiger partial charge in [-0.25, -0.2) is 4.79 Å². The van der Waals surface area contributed by atoms with E-state index in [0.29, 0.717) is 16.1 Å². The lowest BCUT2D eigenvalue weighted by Gasteiger charge is -2.30. The van der Waals surface area contributed by atoms with Crippen LogP contribution < -0.4 is 5.32 Å². The molecule has 0 spiro atoms. The zero-order valence-corrected chi connectivity index (χ0v) is 12.7. The Morgan fingerprint density at radius 3 is 2.95 bits per heavy atom. The SMILES string of the molecule is CC1CCCN(C(=O)Nc2ccc(Br)c([N+](=O)[O-])c2)C1. The summed E-state index contributed by atoms with van der Waals surface area (Å²) in [6, 6.07) is 4.36. The molecule has 2 amide bonds. The Morgan fingerprint density at radius 2 is 2.30 bits per heavy atom. The van der Waals surface area contributed by atoms with Crippen molar-refractivity contribution in [3.8, 4) is 0 Å². The van der Waals surface area contributed by atoms with Gasteiger partial charge in [-0.3, -0.25) is 10.1 Å². The number of likely N-dealkylation sites (tertiary alicyclic amines) is 1. The number of anilines is 1. The summed E-state index contributed by atoms with van der Waals surface area (Å²) >= 11 is 3.12. The first-order chi connectivity index (χ1) is 9.47. The van der Waals surface area contributed by atoms with E-state index in [1.807, 2.05) is 0 Å². The van der Waals surface area contributed by atoms with Crippen molar-refractivity contribution in [1.82, 2.24) is 4.90 Å². The Morgan fingerprint density at radius 1 is 1.55 bits per heavy atom. The van der Waals surface area contributed by atoms with Gasteiger partial charge in [0.1, 0.15) is 0 Å². The van der Waals surface area contributed by atoms with E-state index in [2.05, 4.69) is 28.2 Å². The third-order valence-corrected chi connectivity index (χ3v) is 4.01. The predicted octanol–water partition coefficient (Wildman–Crippen LogP) is 3.62. The maximum atomic E-state index is 12.1. The Kier molecular flexibility index (Phi) is 4.59. The number of halogens is 1. The monoisotopic (exact) mass is 341 g/mol. The van der Waals surface area contributed by atoms with Gasteiger partial charge in [-0.05, 0) is 46.8 Å². The average molecular weight is 342 g/mol. The lowest BCUT2D eigenvalue weighted by Crippen LogP contribution is -2.41. The molecule has 0 aliphatic carbocycles. The fraction of sp³-hybridized carbons (Fsp3) is 0.462. The molecule has 1 aliphatic rings. The summed E-state index contributed by atoms with van der Waals surface area (Å²) in [4.78, 5) is 24.2. The van der Waals surface area contributed by atoms with Gasteiger partial charge < -0.3 is 10.2 Å². The largest absolute Gasteiger partial charge is 0.324 e. The molecular formula is C13H16BrN3O3. The van der Waals surface area contributed by atoms with Crippen LogP contribution in [0.25, 0.3) is 0 Å². The highest BCUT2D eigenvalue weighted by Crippen LogP contribution is 2.28. The lowest BCUT2D eigenvalue weighted by atomic mass is 10.0. The second-order valence-corrected chi connectivity index (χ2v) is 5.90. The molecule has 2 rings (SSSR count). The summed E-state index contributed by atoms with van der Waals surface area (Å²) in [6.07, 6.45) is 2.13. The topological polar surface area (TPSA) is 75.5 Å². The molecule has 1 saturated heterocycles. The van der Waals surface area contributed by atoms with Gasteiger partial charge in [0.05, 0.1) is 9.40 Å². The van der Waals surface area contributed by atoms with E-state index in [9.17, 15) is 14.9 Å². The third-order valence-electron chi connectivity index (χ3n) is 3.34. The van der Waals surface area contributed by atoms with Crippen LogP contribution in [-0.2, 0) is 0 Å². The molecule has 6 nitrogen and oxygen atoms in total. The third kappa shape index (κ3) is 3.47. The zero-order valence-electron chi connectivity index (χ0n) is 11.1. The highest BCUT2D eigenvalue weighted by molar-refractivity contribution is 9.10. The number of hydrogen-bond donors (Lipinski definition) is 1. The summed E-state index contributed by atoms with van der Waals surface area (Å²) in [6.45, 7) is 3.57. The summed E-state index contributed by atoms with van der Waals surface area (Å²) in [5.41, 5.74) is 0.373. The number of rotatable bonds is 2. The van der Waals surface area contributed by atoms with Gasteiger partial charge in [-0.15, -0.1) is 0 Å². The smallest absolute Gasteiger partial charge is 0.321 e. The van der Waals surface area contributed by atoms with Crippen LogP contribution in [0.3, 0.4) is 0 Å². The Labute approximate surface area is 125 Å². The van der Waals surface area contributed by atoms with E-state index in [4.69, 9.17) is 0 Å². The molecule has 7 heteroatoms. The molecule has 0 aromatic heterocycles. The number of nitrogens with zero attached hydrogens (tertiary/aromatic N) is 2. The number of amides is 2. The van der Waals surface area contributed by atoms with Crippen LogP contribution in [0.1, 0.15) is 19.8 Å². The Bertz CT molecular complexity index is 536. The van der Waals surface area contributed by atoms with Crippen molar-refractivity contribution >= 4 is 33.3 Å². The molecule has 1 aliphatic heterocycles. The van der Waals surface area contributed by atoms with E-state index < -0.39 is 4.92 Å². The second kappa shape index (κ2) is 6.21. The van der Waals surface area contributed by atoms with Crippen LogP contribution in [0.2, 0.25) is 0 Å². The van der Waals surface area contributed by atoms with E-state index in [1.165, 1.54) is 6.07 Å². The maximum absolute atomic E-state index is 12.1. The minimum Gasteiger partial charge on any atom is -0.324 e. The number of urea groups is 1. The van der Waals surface area contributed by atoms with Gasteiger partial charge in [-0.1, -0.05) is 6.92 Å². The van der Waals surface area contributed by atoms with Gasteiger partial charge in [0.25, 0.3) is 5.69 Å². The second-order valence-electron chi connectivity index (χ2n) is 5.05. The molecule has 108 valence electrons. The molecule has 0 saturated carbocycles. The Hall–Kier alpha value is -1.63. The van der Waals surface area contributed by atoms with E-state index in [0.717, 1.165) is 25.9 Å². The van der Waals surface area contributed by atoms with Crippen molar-refractivity contribution in [3.63, 3.8) is 0 Å². The highest BCUT2D eigenvalue weighted by Gasteiger charge is 2.21. The van der Waals surface area contributed by atoms with Gasteiger partial charge in [0.2, 0.25) is 0 Å². The molecule has 0 bridgehead atoms. The zero-order chi connectivity index (χ0) is 14.7. The quantitative estimate of drug-likeness (QED) is 0.659. The van der Waals surface area contributed by atoms with Gasteiger partial charge in [0.15, 0.2) is 0 Å². The molecule has 1 fully saturated rings. The molecule has 1 aromatic rings. The van der Waals surface area contributed by atoms with E-state index in [1.54, 1.807) is 17.0 Å². The molecule has 1 heterocycles. The molecule has 20 heavy (non-hydrogen) atoms. The number of carbonyl (C=O) groups is 1. The molecule has 1 atom stereocenters. The predicted molar refractivity (Wildman–Crippen MR) is 79.8 cm³/mol. The van der Waals surface area contributed by atoms with Gasteiger partial charge in [0, 0.05) is 24.8 Å². The number of carbonyl (C=O) groups excluding carboxylic acids is 1. The Balaban J connectivity index is 2.07. The number of hydrogen-bond acceptors (Lipinski definition) is 3. The number of nitro groups is 1. The van der Waals surface area contributed by atoms with Crippen molar-refractivity contribution < 1.29 is 9.72 Å². The highest BCUT2D eigenvalue weighted by atomic mass is 79.9. The number of benzene rings is 1. The van der Waals surface area contributed by atoms with Crippen molar-refractivity contribution in [1.29, 1.82) is 0 Å². The summed E-state index contributed by atoms with van der Waals surface area (Å²) in [7, 11) is 0. The van der Waals surface area contributed by atoms with E-state index in [-0.39, 0.29) is 11.7 Å². The van der Waals surface area contributed by atoms with Crippen molar-refractivity contribution in [2.75, 3.05) is 18.4 Å². The first-order valence-electron chi connectivity index (χ1n) is 6.47. The van der Waals surface area contributed by atoms with Crippen LogP contribution >= 0.6 is 15.9 Å². The number of piperidine rings is 1. The van der Waals surface area contributed by atoms with Crippen molar-refractivity contribution in [2.24, 2.45) is 5.92 Å². The fourth-order valence-corrected chi connectivity index (χ4v) is 2.70. The standard InChI is InChI=1S/C13H16BrN3O3/c1-9-3-2-6-16(8-9)13(18)15-10-4-5-11(14)12(7-10)17(19)20/h4-5,7,9H,2-3,6,8H2,1H3,(H,15,18). The van der Waals surface area contributed by atoms with E-state index >= 15 is 0 Å². The minimum absolute atomic E-state index is 0.0604. The summed E-state index contributed by atoms with van der Waals surface area (Å²) in [5, 5.41) is 13.6. The van der Waals surface area contributed by atoms with Crippen LogP contribution in [0, 0.1) is 16.0 Å². The first kappa shape index (κ1) is 14.8. The van der Waals surface area contributed by atoms with Gasteiger partial charge in [-0.2, -0.15) is 0 Å². The summed E-state index contributed by atoms with van der Waals surface area (Å²) < 4.78 is 0.395. The van der Waals surface area contributed by atoms with Crippen LogP contribution in [0.15, 0.2) is 22.7 Å². The van der Waals surface area contributed by atoms with Crippen LogP contribution in [0.5, 0.6) is 0 Å². The number of nitro benzene ring substituents is 1. The lowest BCUT2D eigenvalue weighted by molar-refractivity contribution is -0.385. The van der Waals surface area contributed by atoms with Crippen LogP contribution in [-0.4, -0.2) is 28.9 Å². The summed E-state index contributed by atoms with van der Waals surface area (Å²) in [5.74, 6) is 0.494. The maximum Gasteiger partial charge on any atom is 0.321 e. The van der Waals surface area contributed by atoms with Crippen molar-refractivity contribution in [2.45, 2.75) is 19.8 Å². The molecule has 0 radical (unpaired) electrons. The van der Waals surface area contributed by atoms with Crippen LogP contribution in [0.4, 0.5) is 16.2 Å².